The minimum atomic E-state index is 0.187. The van der Waals surface area contributed by atoms with Crippen LogP contribution in [0.1, 0.15) is 44.7 Å². The molecule has 4 heteroatoms. The Hall–Kier alpha value is -1.13. The number of hydrogen-bond acceptors (Lipinski definition) is 4. The van der Waals surface area contributed by atoms with E-state index in [0.717, 1.165) is 19.5 Å². The highest BCUT2D eigenvalue weighted by atomic mass is 16.5. The molecule has 0 radical (unpaired) electrons. The number of methoxy groups -OCH3 is 1. The molecule has 2 N–H and O–H groups in total. The highest BCUT2D eigenvalue weighted by Crippen LogP contribution is 2.30. The van der Waals surface area contributed by atoms with Gasteiger partial charge in [0.25, 0.3) is 0 Å². The molecule has 1 aromatic heterocycles. The maximum atomic E-state index is 6.45. The second-order valence-electron chi connectivity index (χ2n) is 6.13. The number of nitrogens with zero attached hydrogens (tertiary/aromatic N) is 2. The Balaban J connectivity index is 2.24. The molecule has 1 saturated heterocycles. The maximum absolute atomic E-state index is 6.45. The summed E-state index contributed by atoms with van der Waals surface area (Å²) in [5.74, 6) is 1.31. The van der Waals surface area contributed by atoms with E-state index in [-0.39, 0.29) is 12.1 Å². The third-order valence-corrected chi connectivity index (χ3v) is 3.94. The van der Waals surface area contributed by atoms with E-state index >= 15 is 0 Å². The summed E-state index contributed by atoms with van der Waals surface area (Å²) in [5.41, 5.74) is 7.66. The van der Waals surface area contributed by atoms with Crippen molar-refractivity contribution in [1.82, 2.24) is 9.88 Å². The lowest BCUT2D eigenvalue weighted by Crippen LogP contribution is -2.41. The molecule has 1 aliphatic heterocycles. The minimum absolute atomic E-state index is 0.187. The SMILES string of the molecule is COc1ccc(C2C(N)CCCCN2CC(C)C)cn1. The van der Waals surface area contributed by atoms with Crippen molar-refractivity contribution in [3.8, 4) is 5.88 Å². The quantitative estimate of drug-likeness (QED) is 0.919. The Morgan fingerprint density at radius 1 is 1.40 bits per heavy atom. The predicted molar refractivity (Wildman–Crippen MR) is 81.8 cm³/mol. The Labute approximate surface area is 122 Å². The summed E-state index contributed by atoms with van der Waals surface area (Å²) >= 11 is 0. The zero-order valence-electron chi connectivity index (χ0n) is 12.9. The van der Waals surface area contributed by atoms with Crippen LogP contribution in [0.2, 0.25) is 0 Å². The van der Waals surface area contributed by atoms with E-state index in [2.05, 4.69) is 29.8 Å². The smallest absolute Gasteiger partial charge is 0.212 e. The third-order valence-electron chi connectivity index (χ3n) is 3.94. The van der Waals surface area contributed by atoms with E-state index in [0.29, 0.717) is 11.8 Å². The first-order valence-corrected chi connectivity index (χ1v) is 7.61. The number of ether oxygens (including phenoxy) is 1. The van der Waals surface area contributed by atoms with Crippen LogP contribution in [0.5, 0.6) is 5.88 Å². The third kappa shape index (κ3) is 3.70. The number of pyridine rings is 1. The Morgan fingerprint density at radius 2 is 2.20 bits per heavy atom. The van der Waals surface area contributed by atoms with Crippen molar-refractivity contribution in [3.05, 3.63) is 23.9 Å². The number of aromatic nitrogens is 1. The Morgan fingerprint density at radius 3 is 2.80 bits per heavy atom. The largest absolute Gasteiger partial charge is 0.481 e. The molecule has 0 spiro atoms. The average molecular weight is 277 g/mol. The van der Waals surface area contributed by atoms with Crippen LogP contribution in [-0.4, -0.2) is 36.1 Å². The molecule has 0 aromatic carbocycles. The summed E-state index contributed by atoms with van der Waals surface area (Å²) in [6, 6.07) is 4.50. The molecule has 0 amide bonds. The molecule has 0 bridgehead atoms. The van der Waals surface area contributed by atoms with Gasteiger partial charge in [-0.15, -0.1) is 0 Å². The van der Waals surface area contributed by atoms with E-state index < -0.39 is 0 Å². The summed E-state index contributed by atoms with van der Waals surface area (Å²) in [6.07, 6.45) is 5.46. The molecule has 1 fully saturated rings. The van der Waals surface area contributed by atoms with Crippen molar-refractivity contribution in [3.63, 3.8) is 0 Å². The second kappa shape index (κ2) is 7.04. The van der Waals surface area contributed by atoms with E-state index in [1.807, 2.05) is 12.3 Å². The van der Waals surface area contributed by atoms with E-state index in [9.17, 15) is 0 Å². The van der Waals surface area contributed by atoms with Gasteiger partial charge in [0.1, 0.15) is 0 Å². The van der Waals surface area contributed by atoms with Crippen molar-refractivity contribution >= 4 is 0 Å². The molecule has 20 heavy (non-hydrogen) atoms. The average Bonchev–Trinajstić information content (AvgIpc) is 2.60. The van der Waals surface area contributed by atoms with Crippen LogP contribution in [-0.2, 0) is 0 Å². The molecule has 2 atom stereocenters. The van der Waals surface area contributed by atoms with Gasteiger partial charge in [-0.05, 0) is 30.9 Å². The first-order chi connectivity index (χ1) is 9.61. The zero-order chi connectivity index (χ0) is 14.5. The van der Waals surface area contributed by atoms with Gasteiger partial charge in [-0.3, -0.25) is 4.90 Å². The van der Waals surface area contributed by atoms with Crippen molar-refractivity contribution in [2.75, 3.05) is 20.2 Å². The molecular weight excluding hydrogens is 250 g/mol. The second-order valence-corrected chi connectivity index (χ2v) is 6.13. The van der Waals surface area contributed by atoms with E-state index in [1.54, 1.807) is 7.11 Å². The molecular formula is C16H27N3O. The molecule has 1 aromatic rings. The first-order valence-electron chi connectivity index (χ1n) is 7.61. The van der Waals surface area contributed by atoms with Gasteiger partial charge in [0.2, 0.25) is 5.88 Å². The standard InChI is InChI=1S/C16H27N3O/c1-12(2)11-19-9-5-4-6-14(17)16(19)13-7-8-15(20-3)18-10-13/h7-8,10,12,14,16H,4-6,9,11,17H2,1-3H3. The highest BCUT2D eigenvalue weighted by molar-refractivity contribution is 5.22. The molecule has 2 heterocycles. The van der Waals surface area contributed by atoms with Crippen LogP contribution in [0.25, 0.3) is 0 Å². The lowest BCUT2D eigenvalue weighted by atomic mass is 9.97. The summed E-state index contributed by atoms with van der Waals surface area (Å²) < 4.78 is 5.14. The van der Waals surface area contributed by atoms with Gasteiger partial charge in [-0.1, -0.05) is 26.3 Å². The van der Waals surface area contributed by atoms with Gasteiger partial charge in [-0.25, -0.2) is 4.98 Å². The van der Waals surface area contributed by atoms with Crippen LogP contribution in [0.15, 0.2) is 18.3 Å². The van der Waals surface area contributed by atoms with Gasteiger partial charge in [0, 0.05) is 24.8 Å². The monoisotopic (exact) mass is 277 g/mol. The zero-order valence-corrected chi connectivity index (χ0v) is 12.9. The van der Waals surface area contributed by atoms with E-state index in [1.165, 1.54) is 18.4 Å². The van der Waals surface area contributed by atoms with Gasteiger partial charge in [0.15, 0.2) is 0 Å². The van der Waals surface area contributed by atoms with Gasteiger partial charge in [0.05, 0.1) is 13.2 Å². The fourth-order valence-electron chi connectivity index (χ4n) is 3.08. The predicted octanol–water partition coefficient (Wildman–Crippen LogP) is 2.60. The molecule has 2 unspecified atom stereocenters. The number of rotatable bonds is 4. The molecule has 2 rings (SSSR count). The number of likely N-dealkylation sites (tertiary alicyclic amines) is 1. The fourth-order valence-corrected chi connectivity index (χ4v) is 3.08. The molecule has 0 aliphatic carbocycles. The van der Waals surface area contributed by atoms with E-state index in [4.69, 9.17) is 10.5 Å². The lowest BCUT2D eigenvalue weighted by Gasteiger charge is -2.34. The van der Waals surface area contributed by atoms with Crippen LogP contribution in [0.3, 0.4) is 0 Å². The van der Waals surface area contributed by atoms with Crippen molar-refractivity contribution < 1.29 is 4.74 Å². The molecule has 1 aliphatic rings. The minimum Gasteiger partial charge on any atom is -0.481 e. The summed E-state index contributed by atoms with van der Waals surface area (Å²) in [7, 11) is 1.64. The highest BCUT2D eigenvalue weighted by Gasteiger charge is 2.29. The summed E-state index contributed by atoms with van der Waals surface area (Å²) in [5, 5.41) is 0. The van der Waals surface area contributed by atoms with Crippen LogP contribution in [0.4, 0.5) is 0 Å². The van der Waals surface area contributed by atoms with Gasteiger partial charge < -0.3 is 10.5 Å². The topological polar surface area (TPSA) is 51.4 Å². The molecule has 4 nitrogen and oxygen atoms in total. The first kappa shape index (κ1) is 15.3. The van der Waals surface area contributed by atoms with Gasteiger partial charge >= 0.3 is 0 Å². The van der Waals surface area contributed by atoms with Crippen molar-refractivity contribution in [2.45, 2.75) is 45.2 Å². The van der Waals surface area contributed by atoms with Crippen molar-refractivity contribution in [2.24, 2.45) is 11.7 Å². The Kier molecular flexibility index (Phi) is 5.38. The molecule has 0 saturated carbocycles. The van der Waals surface area contributed by atoms with Crippen LogP contribution < -0.4 is 10.5 Å². The number of nitrogens with two attached hydrogens (primary N) is 1. The summed E-state index contributed by atoms with van der Waals surface area (Å²) in [4.78, 5) is 6.88. The van der Waals surface area contributed by atoms with Crippen LogP contribution in [0, 0.1) is 5.92 Å². The van der Waals surface area contributed by atoms with Gasteiger partial charge in [-0.2, -0.15) is 0 Å². The maximum Gasteiger partial charge on any atom is 0.212 e. The summed E-state index contributed by atoms with van der Waals surface area (Å²) in [6.45, 7) is 6.74. The normalized spacial score (nSPS) is 24.6. The van der Waals surface area contributed by atoms with Crippen LogP contribution >= 0.6 is 0 Å². The van der Waals surface area contributed by atoms with Crippen molar-refractivity contribution in [1.29, 1.82) is 0 Å². The number of hydrogen-bond donors (Lipinski definition) is 1. The fraction of sp³-hybridized carbons (Fsp3) is 0.688. The Bertz CT molecular complexity index is 405. The lowest BCUT2D eigenvalue weighted by molar-refractivity contribution is 0.165. The molecule has 112 valence electrons.